The number of fused-ring (bicyclic) bond motifs is 6. The molecule has 0 radical (unpaired) electrons. The Bertz CT molecular complexity index is 2750. The number of hydrogen-bond acceptors (Lipinski definition) is 5. The molecule has 0 unspecified atom stereocenters. The van der Waals surface area contributed by atoms with Crippen LogP contribution in [0, 0.1) is 0 Å². The largest absolute Gasteiger partial charge is 0.309 e. The van der Waals surface area contributed by atoms with Gasteiger partial charge in [0.1, 0.15) is 5.69 Å². The lowest BCUT2D eigenvalue weighted by Crippen LogP contribution is -2.18. The number of para-hydroxylation sites is 2. The Balaban J connectivity index is 1.26. The molecule has 0 atom stereocenters. The average Bonchev–Trinajstić information content (AvgIpc) is 3.66. The van der Waals surface area contributed by atoms with Gasteiger partial charge in [-0.1, -0.05) is 147 Å². The molecule has 0 aliphatic heterocycles. The zero-order chi connectivity index (χ0) is 34.8. The van der Waals surface area contributed by atoms with Crippen LogP contribution >= 0.6 is 0 Å². The molecule has 52 heavy (non-hydrogen) atoms. The van der Waals surface area contributed by atoms with Gasteiger partial charge in [-0.2, -0.15) is 0 Å². The molecular formula is C46H32N6. The van der Waals surface area contributed by atoms with E-state index in [0.717, 1.165) is 50.2 Å². The SMILES string of the molecule is CC1(C)c2ccccc2-c2nc(-c3ccc4c5ccccc5n(-c5ccccc5)c4c3)nc(-c3nc(-c4ccccc4)nc(-c4ccccc4)n3)c21. The van der Waals surface area contributed by atoms with Gasteiger partial charge in [0, 0.05) is 49.7 Å². The van der Waals surface area contributed by atoms with Crippen molar-refractivity contribution in [2.24, 2.45) is 0 Å². The van der Waals surface area contributed by atoms with Crippen LogP contribution in [0.3, 0.4) is 0 Å². The van der Waals surface area contributed by atoms with Crippen LogP contribution < -0.4 is 0 Å². The van der Waals surface area contributed by atoms with Crippen molar-refractivity contribution in [1.82, 2.24) is 29.5 Å². The highest BCUT2D eigenvalue weighted by Crippen LogP contribution is 2.51. The summed E-state index contributed by atoms with van der Waals surface area (Å²) in [5.41, 5.74) is 10.6. The maximum atomic E-state index is 5.42. The molecule has 0 saturated heterocycles. The third-order valence-corrected chi connectivity index (χ3v) is 10.2. The fourth-order valence-corrected chi connectivity index (χ4v) is 7.79. The van der Waals surface area contributed by atoms with Gasteiger partial charge < -0.3 is 4.57 Å². The second-order valence-electron chi connectivity index (χ2n) is 13.7. The summed E-state index contributed by atoms with van der Waals surface area (Å²) in [7, 11) is 0. The van der Waals surface area contributed by atoms with Gasteiger partial charge in [0.2, 0.25) is 0 Å². The summed E-state index contributed by atoms with van der Waals surface area (Å²) in [6.07, 6.45) is 0. The monoisotopic (exact) mass is 668 g/mol. The standard InChI is InChI=1S/C46H32N6/c1-46(2)36-24-14-12-23-35(36)40-39(46)41(45-50-42(29-16-6-3-7-17-29)49-43(51-45)30-18-8-4-9-19-30)48-44(47-40)31-26-27-34-33-22-13-15-25-37(33)52(38(34)28-31)32-20-10-5-11-21-32/h3-28H,1-2H3. The van der Waals surface area contributed by atoms with Crippen LogP contribution in [0.2, 0.25) is 0 Å². The summed E-state index contributed by atoms with van der Waals surface area (Å²) < 4.78 is 2.32. The molecule has 10 rings (SSSR count). The number of aromatic nitrogens is 6. The zero-order valence-corrected chi connectivity index (χ0v) is 28.7. The summed E-state index contributed by atoms with van der Waals surface area (Å²) in [6, 6.07) is 54.3. The molecule has 9 aromatic rings. The smallest absolute Gasteiger partial charge is 0.182 e. The van der Waals surface area contributed by atoms with Crippen molar-refractivity contribution >= 4 is 21.8 Å². The Morgan fingerprint density at radius 1 is 0.423 bits per heavy atom. The first-order valence-corrected chi connectivity index (χ1v) is 17.5. The van der Waals surface area contributed by atoms with Gasteiger partial charge in [-0.3, -0.25) is 0 Å². The number of hydrogen-bond donors (Lipinski definition) is 0. The number of benzene rings is 6. The minimum atomic E-state index is -0.393. The molecule has 6 nitrogen and oxygen atoms in total. The lowest BCUT2D eigenvalue weighted by atomic mass is 9.81. The van der Waals surface area contributed by atoms with Crippen molar-refractivity contribution in [3.05, 3.63) is 169 Å². The molecule has 6 aromatic carbocycles. The van der Waals surface area contributed by atoms with E-state index in [1.807, 2.05) is 60.7 Å². The summed E-state index contributed by atoms with van der Waals surface area (Å²) in [6.45, 7) is 4.48. The fraction of sp³-hybridized carbons (Fsp3) is 0.0652. The van der Waals surface area contributed by atoms with Gasteiger partial charge in [-0.15, -0.1) is 0 Å². The summed E-state index contributed by atoms with van der Waals surface area (Å²) in [4.78, 5) is 26.1. The van der Waals surface area contributed by atoms with E-state index in [2.05, 4.69) is 115 Å². The molecule has 0 fully saturated rings. The Morgan fingerprint density at radius 3 is 1.67 bits per heavy atom. The molecule has 0 amide bonds. The zero-order valence-electron chi connectivity index (χ0n) is 28.7. The van der Waals surface area contributed by atoms with Gasteiger partial charge in [-0.25, -0.2) is 24.9 Å². The van der Waals surface area contributed by atoms with Crippen LogP contribution in [-0.2, 0) is 5.41 Å². The average molecular weight is 669 g/mol. The van der Waals surface area contributed by atoms with Gasteiger partial charge in [0.15, 0.2) is 23.3 Å². The van der Waals surface area contributed by atoms with Crippen molar-refractivity contribution in [2.45, 2.75) is 19.3 Å². The molecular weight excluding hydrogens is 637 g/mol. The molecule has 3 aromatic heterocycles. The van der Waals surface area contributed by atoms with Gasteiger partial charge >= 0.3 is 0 Å². The highest BCUT2D eigenvalue weighted by molar-refractivity contribution is 6.10. The van der Waals surface area contributed by atoms with Crippen LogP contribution in [0.4, 0.5) is 0 Å². The normalized spacial score (nSPS) is 13.0. The van der Waals surface area contributed by atoms with E-state index in [-0.39, 0.29) is 0 Å². The van der Waals surface area contributed by atoms with Crippen LogP contribution in [-0.4, -0.2) is 29.5 Å². The number of nitrogens with zero attached hydrogens (tertiary/aromatic N) is 6. The van der Waals surface area contributed by atoms with E-state index in [1.54, 1.807) is 0 Å². The van der Waals surface area contributed by atoms with E-state index < -0.39 is 5.41 Å². The van der Waals surface area contributed by atoms with E-state index in [4.69, 9.17) is 24.9 Å². The third kappa shape index (κ3) is 4.68. The second kappa shape index (κ2) is 11.6. The first-order valence-electron chi connectivity index (χ1n) is 17.5. The van der Waals surface area contributed by atoms with Crippen molar-refractivity contribution in [3.63, 3.8) is 0 Å². The Morgan fingerprint density at radius 2 is 0.962 bits per heavy atom. The summed E-state index contributed by atoms with van der Waals surface area (Å²) in [5.74, 6) is 2.34. The van der Waals surface area contributed by atoms with Crippen LogP contribution in [0.15, 0.2) is 158 Å². The molecule has 1 aliphatic carbocycles. The molecule has 6 heteroatoms. The molecule has 0 bridgehead atoms. The molecule has 1 aliphatic rings. The first kappa shape index (κ1) is 30.1. The predicted octanol–water partition coefficient (Wildman–Crippen LogP) is 10.7. The van der Waals surface area contributed by atoms with E-state index in [0.29, 0.717) is 29.0 Å². The lowest BCUT2D eigenvalue weighted by Gasteiger charge is -2.23. The van der Waals surface area contributed by atoms with E-state index in [9.17, 15) is 0 Å². The Kier molecular flexibility index (Phi) is 6.73. The molecule has 0 saturated carbocycles. The highest BCUT2D eigenvalue weighted by Gasteiger charge is 2.41. The summed E-state index contributed by atoms with van der Waals surface area (Å²) >= 11 is 0. The van der Waals surface area contributed by atoms with Gasteiger partial charge in [0.25, 0.3) is 0 Å². The fourth-order valence-electron chi connectivity index (χ4n) is 7.79. The van der Waals surface area contributed by atoms with Crippen molar-refractivity contribution in [1.29, 1.82) is 0 Å². The van der Waals surface area contributed by atoms with E-state index in [1.165, 1.54) is 16.3 Å². The Hall–Kier alpha value is -6.79. The van der Waals surface area contributed by atoms with E-state index >= 15 is 0 Å². The van der Waals surface area contributed by atoms with Crippen LogP contribution in [0.5, 0.6) is 0 Å². The van der Waals surface area contributed by atoms with Crippen molar-refractivity contribution in [2.75, 3.05) is 0 Å². The third-order valence-electron chi connectivity index (χ3n) is 10.2. The maximum absolute atomic E-state index is 5.42. The van der Waals surface area contributed by atoms with Crippen molar-refractivity contribution < 1.29 is 0 Å². The molecule has 3 heterocycles. The van der Waals surface area contributed by atoms with Crippen LogP contribution in [0.25, 0.3) is 84.4 Å². The first-order chi connectivity index (χ1) is 25.5. The van der Waals surface area contributed by atoms with Crippen molar-refractivity contribution in [3.8, 4) is 62.6 Å². The predicted molar refractivity (Wildman–Crippen MR) is 209 cm³/mol. The van der Waals surface area contributed by atoms with Gasteiger partial charge in [0.05, 0.1) is 16.7 Å². The molecule has 0 N–H and O–H groups in total. The summed E-state index contributed by atoms with van der Waals surface area (Å²) in [5, 5.41) is 2.37. The van der Waals surface area contributed by atoms with Gasteiger partial charge in [-0.05, 0) is 29.8 Å². The number of rotatable bonds is 5. The maximum Gasteiger partial charge on any atom is 0.182 e. The minimum absolute atomic E-state index is 0.393. The quantitative estimate of drug-likeness (QED) is 0.183. The Labute approximate surface area is 301 Å². The molecule has 0 spiro atoms. The minimum Gasteiger partial charge on any atom is -0.309 e. The topological polar surface area (TPSA) is 69.4 Å². The second-order valence-corrected chi connectivity index (χ2v) is 13.7. The lowest BCUT2D eigenvalue weighted by molar-refractivity contribution is 0.656. The molecule has 246 valence electrons. The van der Waals surface area contributed by atoms with Crippen LogP contribution in [0.1, 0.15) is 25.0 Å². The highest BCUT2D eigenvalue weighted by atomic mass is 15.1.